The zero-order chi connectivity index (χ0) is 25.0. The Morgan fingerprint density at radius 3 is 1.89 bits per heavy atom. The highest BCUT2D eigenvalue weighted by Gasteiger charge is 2.98. The monoisotopic (exact) mass is 492 g/mol. The molecule has 0 aromatic rings. The predicted molar refractivity (Wildman–Crippen MR) is 127 cm³/mol. The number of carbonyl (C=O) groups excluding carboxylic acids is 1. The Labute approximate surface area is 208 Å². The van der Waals surface area contributed by atoms with Crippen molar-refractivity contribution in [2.24, 2.45) is 27.1 Å². The number of esters is 1. The van der Waals surface area contributed by atoms with Gasteiger partial charge in [0, 0.05) is 17.3 Å². The molecule has 5 N–H and O–H groups in total. The molecule has 0 aromatic carbocycles. The number of hydrogen-bond acceptors (Lipinski definition) is 7. The number of hydrogen-bond donors (Lipinski definition) is 5. The van der Waals surface area contributed by atoms with Crippen LogP contribution in [0.4, 0.5) is 0 Å². The van der Waals surface area contributed by atoms with Gasteiger partial charge in [0.1, 0.15) is 5.60 Å². The van der Waals surface area contributed by atoms with Gasteiger partial charge in [-0.25, -0.2) is 0 Å². The molecule has 198 valence electrons. The van der Waals surface area contributed by atoms with Crippen molar-refractivity contribution in [2.75, 3.05) is 6.61 Å². The number of cyclic esters (lactones) is 1. The molecular formula is C28H44O7. The van der Waals surface area contributed by atoms with Gasteiger partial charge in [-0.05, 0) is 62.2 Å². The van der Waals surface area contributed by atoms with E-state index in [0.29, 0.717) is 25.9 Å². The first kappa shape index (κ1) is 24.6. The van der Waals surface area contributed by atoms with Crippen molar-refractivity contribution in [3.8, 4) is 0 Å². The minimum absolute atomic E-state index is 0.0442. The number of unbranched alkanes of at least 4 members (excludes halogenated alkanes) is 8. The van der Waals surface area contributed by atoms with E-state index in [4.69, 9.17) is 4.74 Å². The van der Waals surface area contributed by atoms with Gasteiger partial charge in [0.2, 0.25) is 11.6 Å². The van der Waals surface area contributed by atoms with Gasteiger partial charge in [-0.1, -0.05) is 58.3 Å². The molecule has 9 rings (SSSR count). The van der Waals surface area contributed by atoms with Crippen molar-refractivity contribution in [3.05, 3.63) is 0 Å². The number of ether oxygens (including phenoxy) is 1. The highest BCUT2D eigenvalue weighted by atomic mass is 16.6. The largest absolute Gasteiger partial charge is 0.465 e. The predicted octanol–water partition coefficient (Wildman–Crippen LogP) is 3.29. The zero-order valence-corrected chi connectivity index (χ0v) is 21.3. The lowest BCUT2D eigenvalue weighted by atomic mass is 9.45. The van der Waals surface area contributed by atoms with Crippen LogP contribution in [0.3, 0.4) is 0 Å². The fraction of sp³-hybridized carbons (Fsp3) is 0.964. The van der Waals surface area contributed by atoms with Crippen molar-refractivity contribution >= 4 is 5.97 Å². The molecule has 8 aliphatic carbocycles. The standard InChI is InChI=1S/C28H44O7/c1-2-3-4-5-6-7-8-9-10-11-27(31,32)28(33,34)26(30)18-21-14-24(25(26,15-21)16-21)17-22-12-23(24,13-22)20(29)35-19-22/h30-34H,2-19H2,1H3. The van der Waals surface area contributed by atoms with E-state index in [-0.39, 0.29) is 29.6 Å². The van der Waals surface area contributed by atoms with Crippen LogP contribution in [0.1, 0.15) is 116 Å². The maximum absolute atomic E-state index is 13.0. The Kier molecular flexibility index (Phi) is 5.07. The van der Waals surface area contributed by atoms with Gasteiger partial charge in [-0.15, -0.1) is 0 Å². The third-order valence-electron chi connectivity index (χ3n) is 12.0. The summed E-state index contributed by atoms with van der Waals surface area (Å²) in [6.45, 7) is 2.62. The van der Waals surface area contributed by atoms with Gasteiger partial charge in [0.05, 0.1) is 12.0 Å². The summed E-state index contributed by atoms with van der Waals surface area (Å²) >= 11 is 0. The first-order valence-corrected chi connectivity index (χ1v) is 14.2. The minimum Gasteiger partial charge on any atom is -0.465 e. The second-order valence-corrected chi connectivity index (χ2v) is 14.0. The van der Waals surface area contributed by atoms with Crippen LogP contribution in [0.25, 0.3) is 0 Å². The van der Waals surface area contributed by atoms with Crippen LogP contribution < -0.4 is 0 Å². The van der Waals surface area contributed by atoms with E-state index >= 15 is 0 Å². The molecule has 7 heteroatoms. The van der Waals surface area contributed by atoms with Crippen molar-refractivity contribution < 1.29 is 35.1 Å². The Morgan fingerprint density at radius 1 is 0.743 bits per heavy atom. The van der Waals surface area contributed by atoms with Crippen LogP contribution in [-0.4, -0.2) is 55.3 Å². The SMILES string of the molecule is CCCCCCCCCCCC(O)(O)C(O)(O)C1(O)CC23CC4(CC56COC(=O)C4(C5)C6)C1(C2)C3. The fourth-order valence-corrected chi connectivity index (χ4v) is 10.9. The van der Waals surface area contributed by atoms with E-state index in [9.17, 15) is 30.3 Å². The summed E-state index contributed by atoms with van der Waals surface area (Å²) in [6.07, 6.45) is 13.7. The third kappa shape index (κ3) is 2.68. The van der Waals surface area contributed by atoms with E-state index in [1.165, 1.54) is 32.1 Å². The first-order valence-electron chi connectivity index (χ1n) is 14.2. The molecule has 9 aliphatic rings. The lowest BCUT2D eigenvalue weighted by molar-refractivity contribution is -0.430. The highest BCUT2D eigenvalue weighted by molar-refractivity contribution is 5.84. The summed E-state index contributed by atoms with van der Waals surface area (Å²) in [7, 11) is 0. The minimum atomic E-state index is -3.06. The lowest BCUT2D eigenvalue weighted by Gasteiger charge is -2.61. The molecule has 8 saturated carbocycles. The van der Waals surface area contributed by atoms with Crippen LogP contribution >= 0.6 is 0 Å². The number of carbonyl (C=O) groups is 1. The third-order valence-corrected chi connectivity index (χ3v) is 12.0. The summed E-state index contributed by atoms with van der Waals surface area (Å²) in [6, 6.07) is 0. The quantitative estimate of drug-likeness (QED) is 0.161. The number of rotatable bonds is 12. The van der Waals surface area contributed by atoms with E-state index in [1.54, 1.807) is 0 Å². The fourth-order valence-electron chi connectivity index (χ4n) is 10.9. The van der Waals surface area contributed by atoms with Crippen LogP contribution in [0.2, 0.25) is 0 Å². The Balaban J connectivity index is 1.15. The second kappa shape index (κ2) is 7.22. The molecule has 1 heterocycles. The van der Waals surface area contributed by atoms with Gasteiger partial charge in [0.15, 0.2) is 0 Å². The highest BCUT2D eigenvalue weighted by Crippen LogP contribution is 2.98. The van der Waals surface area contributed by atoms with E-state index in [1.807, 2.05) is 0 Å². The smallest absolute Gasteiger partial charge is 0.312 e. The van der Waals surface area contributed by atoms with Crippen molar-refractivity contribution in [2.45, 2.75) is 133 Å². The van der Waals surface area contributed by atoms with Crippen LogP contribution in [0.15, 0.2) is 0 Å². The molecule has 1 aliphatic heterocycles. The summed E-state index contributed by atoms with van der Waals surface area (Å²) in [5.74, 6) is -6.08. The maximum atomic E-state index is 13.0. The molecule has 0 radical (unpaired) electrons. The van der Waals surface area contributed by atoms with Crippen LogP contribution in [-0.2, 0) is 9.53 Å². The molecule has 9 fully saturated rings. The first-order chi connectivity index (χ1) is 16.4. The molecule has 1 saturated heterocycles. The Hall–Kier alpha value is -0.730. The van der Waals surface area contributed by atoms with E-state index in [0.717, 1.165) is 44.9 Å². The molecule has 1 spiro atoms. The molecule has 0 aromatic heterocycles. The Morgan fingerprint density at radius 2 is 1.29 bits per heavy atom. The van der Waals surface area contributed by atoms with Gasteiger partial charge in [0.25, 0.3) is 0 Å². The summed E-state index contributed by atoms with van der Waals surface area (Å²) < 4.78 is 5.55. The summed E-state index contributed by atoms with van der Waals surface area (Å²) in [5.41, 5.74) is -4.44. The molecule has 7 nitrogen and oxygen atoms in total. The van der Waals surface area contributed by atoms with Gasteiger partial charge in [-0.2, -0.15) is 0 Å². The molecule has 2 unspecified atom stereocenters. The molecular weight excluding hydrogens is 448 g/mol. The molecule has 4 bridgehead atoms. The van der Waals surface area contributed by atoms with Crippen molar-refractivity contribution in [1.82, 2.24) is 0 Å². The maximum Gasteiger partial charge on any atom is 0.312 e. The van der Waals surface area contributed by atoms with E-state index < -0.39 is 33.4 Å². The van der Waals surface area contributed by atoms with Gasteiger partial charge in [-0.3, -0.25) is 4.79 Å². The van der Waals surface area contributed by atoms with Crippen LogP contribution in [0, 0.1) is 27.1 Å². The summed E-state index contributed by atoms with van der Waals surface area (Å²) in [5, 5.41) is 56.8. The normalized spacial score (nSPS) is 46.6. The van der Waals surface area contributed by atoms with E-state index in [2.05, 4.69) is 6.92 Å². The molecule has 2 atom stereocenters. The van der Waals surface area contributed by atoms with Crippen molar-refractivity contribution in [3.63, 3.8) is 0 Å². The molecule has 0 amide bonds. The number of aliphatic hydroxyl groups is 5. The lowest BCUT2D eigenvalue weighted by Crippen LogP contribution is -2.74. The average molecular weight is 493 g/mol. The van der Waals surface area contributed by atoms with Crippen LogP contribution in [0.5, 0.6) is 0 Å². The Bertz CT molecular complexity index is 897. The summed E-state index contributed by atoms with van der Waals surface area (Å²) in [4.78, 5) is 13.0. The van der Waals surface area contributed by atoms with Gasteiger partial charge >= 0.3 is 5.97 Å². The second-order valence-electron chi connectivity index (χ2n) is 14.0. The molecule has 35 heavy (non-hydrogen) atoms. The number of fused-ring (bicyclic) bond motifs is 1. The zero-order valence-electron chi connectivity index (χ0n) is 21.3. The topological polar surface area (TPSA) is 127 Å². The van der Waals surface area contributed by atoms with Gasteiger partial charge < -0.3 is 30.3 Å². The van der Waals surface area contributed by atoms with Crippen molar-refractivity contribution in [1.29, 1.82) is 0 Å². The average Bonchev–Trinajstić information content (AvgIpc) is 3.48.